The van der Waals surface area contributed by atoms with Gasteiger partial charge in [-0.25, -0.2) is 4.79 Å². The van der Waals surface area contributed by atoms with E-state index < -0.39 is 0 Å². The van der Waals surface area contributed by atoms with Gasteiger partial charge in [0, 0.05) is 28.6 Å². The molecule has 5 nitrogen and oxygen atoms in total. The molecular weight excluding hydrogens is 336 g/mol. The van der Waals surface area contributed by atoms with Crippen molar-refractivity contribution in [1.82, 2.24) is 0 Å². The van der Waals surface area contributed by atoms with Crippen LogP contribution in [0.15, 0.2) is 41.3 Å². The predicted molar refractivity (Wildman–Crippen MR) is 102 cm³/mol. The average Bonchev–Trinajstić information content (AvgIpc) is 2.94. The van der Waals surface area contributed by atoms with E-state index in [4.69, 9.17) is 9.47 Å². The summed E-state index contributed by atoms with van der Waals surface area (Å²) in [6, 6.07) is 11.2. The van der Waals surface area contributed by atoms with Crippen molar-refractivity contribution in [2.24, 2.45) is 0 Å². The Hall–Kier alpha value is -2.34. The molecule has 3 rings (SSSR count). The van der Waals surface area contributed by atoms with Gasteiger partial charge in [0.25, 0.3) is 0 Å². The molecule has 6 heteroatoms. The Bertz CT molecular complexity index is 779. The number of nitrogens with one attached hydrogen (secondary N) is 2. The topological polar surface area (TPSA) is 59.6 Å². The third kappa shape index (κ3) is 4.20. The third-order valence-corrected chi connectivity index (χ3v) is 4.60. The highest BCUT2D eigenvalue weighted by Gasteiger charge is 2.22. The lowest BCUT2D eigenvalue weighted by molar-refractivity contribution is 0.254. The fourth-order valence-electron chi connectivity index (χ4n) is 2.80. The summed E-state index contributed by atoms with van der Waals surface area (Å²) in [6.07, 6.45) is 2.99. The molecule has 0 aromatic heterocycles. The highest BCUT2D eigenvalue weighted by Crippen LogP contribution is 2.38. The number of benzene rings is 2. The second-order valence-electron chi connectivity index (χ2n) is 5.83. The standard InChI is InChI=1S/C19H22N2O3S/c1-4-23-18-9-13-8-12(2)24-17(13)11-16(18)21-19(22)20-14-6-5-7-15(10-14)25-3/h5-7,9-12H,4,8H2,1-3H3,(H2,20,21,22). The zero-order valence-corrected chi connectivity index (χ0v) is 15.4. The summed E-state index contributed by atoms with van der Waals surface area (Å²) in [5, 5.41) is 5.72. The van der Waals surface area contributed by atoms with Gasteiger partial charge in [0.1, 0.15) is 17.6 Å². The lowest BCUT2D eigenvalue weighted by Gasteiger charge is -2.14. The Morgan fingerprint density at radius 3 is 2.92 bits per heavy atom. The molecule has 1 unspecified atom stereocenters. The van der Waals surface area contributed by atoms with E-state index in [1.807, 2.05) is 56.5 Å². The predicted octanol–water partition coefficient (Wildman–Crippen LogP) is 4.77. The molecule has 1 aliphatic rings. The van der Waals surface area contributed by atoms with Crippen LogP contribution in [0.5, 0.6) is 11.5 Å². The maximum absolute atomic E-state index is 12.4. The zero-order valence-electron chi connectivity index (χ0n) is 14.6. The van der Waals surface area contributed by atoms with Gasteiger partial charge in [0.2, 0.25) is 0 Å². The Morgan fingerprint density at radius 2 is 2.16 bits per heavy atom. The van der Waals surface area contributed by atoms with Gasteiger partial charge in [-0.3, -0.25) is 0 Å². The minimum absolute atomic E-state index is 0.142. The van der Waals surface area contributed by atoms with E-state index >= 15 is 0 Å². The molecule has 1 heterocycles. The first kappa shape index (κ1) is 17.5. The van der Waals surface area contributed by atoms with Gasteiger partial charge in [0.05, 0.1) is 12.3 Å². The summed E-state index contributed by atoms with van der Waals surface area (Å²) in [5.41, 5.74) is 2.45. The zero-order chi connectivity index (χ0) is 17.8. The van der Waals surface area contributed by atoms with Crippen molar-refractivity contribution in [1.29, 1.82) is 0 Å². The van der Waals surface area contributed by atoms with Crippen molar-refractivity contribution >= 4 is 29.2 Å². The smallest absolute Gasteiger partial charge is 0.323 e. The van der Waals surface area contributed by atoms with Crippen molar-refractivity contribution in [2.45, 2.75) is 31.3 Å². The SMILES string of the molecule is CCOc1cc2c(cc1NC(=O)Nc1cccc(SC)c1)OC(C)C2. The van der Waals surface area contributed by atoms with E-state index in [-0.39, 0.29) is 12.1 Å². The number of hydrogen-bond donors (Lipinski definition) is 2. The van der Waals surface area contributed by atoms with E-state index in [0.29, 0.717) is 18.0 Å². The Kier molecular flexibility index (Phi) is 5.38. The number of amides is 2. The quantitative estimate of drug-likeness (QED) is 0.756. The maximum atomic E-state index is 12.4. The number of rotatable bonds is 5. The summed E-state index contributed by atoms with van der Waals surface area (Å²) in [7, 11) is 0. The normalized spacial score (nSPS) is 15.2. The number of urea groups is 1. The highest BCUT2D eigenvalue weighted by atomic mass is 32.2. The molecule has 0 saturated carbocycles. The lowest BCUT2D eigenvalue weighted by Crippen LogP contribution is -2.20. The number of hydrogen-bond acceptors (Lipinski definition) is 4. The van der Waals surface area contributed by atoms with E-state index in [9.17, 15) is 4.79 Å². The number of carbonyl (C=O) groups is 1. The number of fused-ring (bicyclic) bond motifs is 1. The summed E-state index contributed by atoms with van der Waals surface area (Å²) in [6.45, 7) is 4.48. The van der Waals surface area contributed by atoms with E-state index in [2.05, 4.69) is 10.6 Å². The van der Waals surface area contributed by atoms with E-state index in [1.165, 1.54) is 0 Å². The summed E-state index contributed by atoms with van der Waals surface area (Å²) >= 11 is 1.63. The molecule has 25 heavy (non-hydrogen) atoms. The first-order valence-electron chi connectivity index (χ1n) is 8.27. The highest BCUT2D eigenvalue weighted by molar-refractivity contribution is 7.98. The molecular formula is C19H22N2O3S. The molecule has 0 bridgehead atoms. The van der Waals surface area contributed by atoms with Crippen LogP contribution in [0.4, 0.5) is 16.2 Å². The van der Waals surface area contributed by atoms with Crippen molar-refractivity contribution in [3.8, 4) is 11.5 Å². The Morgan fingerprint density at radius 1 is 1.32 bits per heavy atom. The van der Waals surface area contributed by atoms with Crippen molar-refractivity contribution in [3.63, 3.8) is 0 Å². The van der Waals surface area contributed by atoms with Gasteiger partial charge < -0.3 is 20.1 Å². The van der Waals surface area contributed by atoms with Crippen LogP contribution in [0.1, 0.15) is 19.4 Å². The fourth-order valence-corrected chi connectivity index (χ4v) is 3.26. The molecule has 2 aromatic carbocycles. The van der Waals surface area contributed by atoms with Gasteiger partial charge in [-0.2, -0.15) is 0 Å². The first-order chi connectivity index (χ1) is 12.1. The van der Waals surface area contributed by atoms with Crippen LogP contribution in [0.2, 0.25) is 0 Å². The first-order valence-corrected chi connectivity index (χ1v) is 9.50. The number of thioether (sulfide) groups is 1. The molecule has 0 saturated heterocycles. The molecule has 1 aliphatic heterocycles. The maximum Gasteiger partial charge on any atom is 0.323 e. The molecule has 132 valence electrons. The van der Waals surface area contributed by atoms with Crippen LogP contribution in [-0.2, 0) is 6.42 Å². The average molecular weight is 358 g/mol. The molecule has 1 atom stereocenters. The molecule has 2 amide bonds. The minimum Gasteiger partial charge on any atom is -0.492 e. The van der Waals surface area contributed by atoms with Gasteiger partial charge in [-0.05, 0) is 44.4 Å². The number of anilines is 2. The molecule has 0 spiro atoms. The Balaban J connectivity index is 1.77. The van der Waals surface area contributed by atoms with Crippen LogP contribution in [0.25, 0.3) is 0 Å². The second-order valence-corrected chi connectivity index (χ2v) is 6.71. The van der Waals surface area contributed by atoms with Crippen LogP contribution in [0, 0.1) is 0 Å². The molecule has 0 radical (unpaired) electrons. The van der Waals surface area contributed by atoms with Crippen LogP contribution in [0.3, 0.4) is 0 Å². The molecule has 2 aromatic rings. The lowest BCUT2D eigenvalue weighted by atomic mass is 10.1. The molecule has 2 N–H and O–H groups in total. The van der Waals surface area contributed by atoms with E-state index in [1.54, 1.807) is 11.8 Å². The summed E-state index contributed by atoms with van der Waals surface area (Å²) in [4.78, 5) is 13.5. The van der Waals surface area contributed by atoms with Crippen LogP contribution in [-0.4, -0.2) is 25.0 Å². The van der Waals surface area contributed by atoms with Crippen LogP contribution < -0.4 is 20.1 Å². The fraction of sp³-hybridized carbons (Fsp3) is 0.316. The summed E-state index contributed by atoms with van der Waals surface area (Å²) < 4.78 is 11.5. The third-order valence-electron chi connectivity index (χ3n) is 3.87. The summed E-state index contributed by atoms with van der Waals surface area (Å²) in [5.74, 6) is 1.46. The monoisotopic (exact) mass is 358 g/mol. The minimum atomic E-state index is -0.315. The Labute approximate surface area is 152 Å². The number of carbonyl (C=O) groups excluding carboxylic acids is 1. The van der Waals surface area contributed by atoms with Gasteiger partial charge in [-0.15, -0.1) is 11.8 Å². The van der Waals surface area contributed by atoms with Crippen molar-refractivity contribution in [2.75, 3.05) is 23.5 Å². The van der Waals surface area contributed by atoms with Gasteiger partial charge in [0.15, 0.2) is 0 Å². The van der Waals surface area contributed by atoms with E-state index in [0.717, 1.165) is 28.3 Å². The molecule has 0 aliphatic carbocycles. The second kappa shape index (κ2) is 7.70. The number of ether oxygens (including phenoxy) is 2. The van der Waals surface area contributed by atoms with Crippen molar-refractivity contribution < 1.29 is 14.3 Å². The van der Waals surface area contributed by atoms with Crippen LogP contribution >= 0.6 is 11.8 Å². The molecule has 0 fully saturated rings. The largest absolute Gasteiger partial charge is 0.492 e. The van der Waals surface area contributed by atoms with Gasteiger partial charge >= 0.3 is 6.03 Å². The van der Waals surface area contributed by atoms with Crippen molar-refractivity contribution in [3.05, 3.63) is 42.0 Å². The van der Waals surface area contributed by atoms with Gasteiger partial charge in [-0.1, -0.05) is 6.07 Å².